The molecule has 1 heterocycles. The van der Waals surface area contributed by atoms with Crippen LogP contribution in [0.3, 0.4) is 0 Å². The lowest BCUT2D eigenvalue weighted by molar-refractivity contribution is -0.122. The summed E-state index contributed by atoms with van der Waals surface area (Å²) >= 11 is 0. The van der Waals surface area contributed by atoms with Gasteiger partial charge in [0, 0.05) is 11.3 Å². The molecule has 0 fully saturated rings. The van der Waals surface area contributed by atoms with Crippen molar-refractivity contribution in [2.24, 2.45) is 0 Å². The minimum Gasteiger partial charge on any atom is -0.271 e. The maximum absolute atomic E-state index is 11.9. The molecular formula is C15H18N4O2. The summed E-state index contributed by atoms with van der Waals surface area (Å²) in [5.41, 5.74) is 7.93. The fraction of sp³-hybridized carbons (Fsp3) is 0.267. The van der Waals surface area contributed by atoms with E-state index in [4.69, 9.17) is 0 Å². The SMILES string of the molecule is Cc1cc(C)n(CC(=O)NNC(=O)c2ccccc2C)n1. The van der Waals surface area contributed by atoms with Crippen LogP contribution in [0.25, 0.3) is 0 Å². The van der Waals surface area contributed by atoms with Crippen molar-refractivity contribution >= 4 is 11.8 Å². The summed E-state index contributed by atoms with van der Waals surface area (Å²) < 4.78 is 1.59. The van der Waals surface area contributed by atoms with Gasteiger partial charge in [-0.3, -0.25) is 25.1 Å². The summed E-state index contributed by atoms with van der Waals surface area (Å²) in [6, 6.07) is 9.07. The first-order chi connectivity index (χ1) is 9.97. The quantitative estimate of drug-likeness (QED) is 0.834. The fourth-order valence-corrected chi connectivity index (χ4v) is 2.03. The topological polar surface area (TPSA) is 76.0 Å². The Kier molecular flexibility index (Phi) is 4.37. The third kappa shape index (κ3) is 3.68. The number of hydrogen-bond donors (Lipinski definition) is 2. The van der Waals surface area contributed by atoms with Crippen LogP contribution in [0, 0.1) is 20.8 Å². The largest absolute Gasteiger partial charge is 0.271 e. The lowest BCUT2D eigenvalue weighted by atomic mass is 10.1. The Morgan fingerprint density at radius 3 is 2.48 bits per heavy atom. The first kappa shape index (κ1) is 14.8. The van der Waals surface area contributed by atoms with Gasteiger partial charge in [0.25, 0.3) is 11.8 Å². The van der Waals surface area contributed by atoms with E-state index in [0.717, 1.165) is 17.0 Å². The van der Waals surface area contributed by atoms with Crippen molar-refractivity contribution in [3.05, 3.63) is 52.8 Å². The first-order valence-corrected chi connectivity index (χ1v) is 6.63. The highest BCUT2D eigenvalue weighted by Gasteiger charge is 2.11. The van der Waals surface area contributed by atoms with Crippen LogP contribution in [0.5, 0.6) is 0 Å². The summed E-state index contributed by atoms with van der Waals surface area (Å²) in [6.45, 7) is 5.64. The predicted octanol–water partition coefficient (Wildman–Crippen LogP) is 1.27. The Hall–Kier alpha value is -2.63. The van der Waals surface area contributed by atoms with Crippen molar-refractivity contribution in [3.63, 3.8) is 0 Å². The molecule has 110 valence electrons. The number of nitrogens with zero attached hydrogens (tertiary/aromatic N) is 2. The van der Waals surface area contributed by atoms with Crippen molar-refractivity contribution in [2.75, 3.05) is 0 Å². The molecule has 0 saturated carbocycles. The monoisotopic (exact) mass is 286 g/mol. The van der Waals surface area contributed by atoms with E-state index in [9.17, 15) is 9.59 Å². The lowest BCUT2D eigenvalue weighted by Gasteiger charge is -2.09. The van der Waals surface area contributed by atoms with E-state index in [0.29, 0.717) is 5.56 Å². The third-order valence-electron chi connectivity index (χ3n) is 3.10. The average molecular weight is 286 g/mol. The molecule has 0 spiro atoms. The average Bonchev–Trinajstić information content (AvgIpc) is 2.74. The lowest BCUT2D eigenvalue weighted by Crippen LogP contribution is -2.43. The Morgan fingerprint density at radius 1 is 1.14 bits per heavy atom. The molecule has 2 rings (SSSR count). The molecular weight excluding hydrogens is 268 g/mol. The number of amides is 2. The Bertz CT molecular complexity index is 676. The van der Waals surface area contributed by atoms with Gasteiger partial charge >= 0.3 is 0 Å². The van der Waals surface area contributed by atoms with Gasteiger partial charge in [0.15, 0.2) is 0 Å². The van der Waals surface area contributed by atoms with Crippen LogP contribution in [0.2, 0.25) is 0 Å². The van der Waals surface area contributed by atoms with E-state index in [1.165, 1.54) is 0 Å². The number of hydrogen-bond acceptors (Lipinski definition) is 3. The summed E-state index contributed by atoms with van der Waals surface area (Å²) in [6.07, 6.45) is 0. The number of nitrogens with one attached hydrogen (secondary N) is 2. The van der Waals surface area contributed by atoms with Crippen molar-refractivity contribution < 1.29 is 9.59 Å². The molecule has 1 aromatic heterocycles. The maximum Gasteiger partial charge on any atom is 0.269 e. The fourth-order valence-electron chi connectivity index (χ4n) is 2.03. The van der Waals surface area contributed by atoms with E-state index in [1.807, 2.05) is 39.0 Å². The van der Waals surface area contributed by atoms with Gasteiger partial charge in [-0.2, -0.15) is 5.10 Å². The van der Waals surface area contributed by atoms with Gasteiger partial charge in [0.1, 0.15) is 6.54 Å². The molecule has 0 aliphatic rings. The molecule has 2 aromatic rings. The second-order valence-electron chi connectivity index (χ2n) is 4.90. The Morgan fingerprint density at radius 2 is 1.86 bits per heavy atom. The zero-order valence-corrected chi connectivity index (χ0v) is 12.3. The van der Waals surface area contributed by atoms with Gasteiger partial charge in [-0.15, -0.1) is 0 Å². The first-order valence-electron chi connectivity index (χ1n) is 6.63. The number of aromatic nitrogens is 2. The zero-order chi connectivity index (χ0) is 15.4. The second kappa shape index (κ2) is 6.21. The molecule has 2 amide bonds. The van der Waals surface area contributed by atoms with Crippen molar-refractivity contribution in [1.29, 1.82) is 0 Å². The molecule has 2 N–H and O–H groups in total. The number of benzene rings is 1. The Balaban J connectivity index is 1.91. The smallest absolute Gasteiger partial charge is 0.269 e. The number of rotatable bonds is 3. The van der Waals surface area contributed by atoms with Gasteiger partial charge in [-0.05, 0) is 38.5 Å². The van der Waals surface area contributed by atoms with E-state index in [2.05, 4.69) is 16.0 Å². The molecule has 21 heavy (non-hydrogen) atoms. The molecule has 0 atom stereocenters. The number of carbonyl (C=O) groups excluding carboxylic acids is 2. The molecule has 6 nitrogen and oxygen atoms in total. The predicted molar refractivity (Wildman–Crippen MR) is 78.5 cm³/mol. The normalized spacial score (nSPS) is 10.2. The minimum absolute atomic E-state index is 0.0632. The molecule has 0 bridgehead atoms. The molecule has 0 unspecified atom stereocenters. The molecule has 0 radical (unpaired) electrons. The van der Waals surface area contributed by atoms with Crippen molar-refractivity contribution in [3.8, 4) is 0 Å². The number of carbonyl (C=O) groups is 2. The van der Waals surface area contributed by atoms with Crippen molar-refractivity contribution in [2.45, 2.75) is 27.3 Å². The Labute approximate surface area is 123 Å². The van der Waals surface area contributed by atoms with Crippen LogP contribution in [0.15, 0.2) is 30.3 Å². The van der Waals surface area contributed by atoms with Crippen LogP contribution in [0.1, 0.15) is 27.3 Å². The number of aryl methyl sites for hydroxylation is 3. The van der Waals surface area contributed by atoms with Crippen LogP contribution in [-0.4, -0.2) is 21.6 Å². The van der Waals surface area contributed by atoms with Gasteiger partial charge < -0.3 is 0 Å². The minimum atomic E-state index is -0.338. The van der Waals surface area contributed by atoms with Crippen LogP contribution in [0.4, 0.5) is 0 Å². The van der Waals surface area contributed by atoms with Crippen LogP contribution in [-0.2, 0) is 11.3 Å². The molecule has 6 heteroatoms. The standard InChI is InChI=1S/C15H18N4O2/c1-10-6-4-5-7-13(10)15(21)17-16-14(20)9-19-12(3)8-11(2)18-19/h4-8H,9H2,1-3H3,(H,16,20)(H,17,21). The van der Waals surface area contributed by atoms with Gasteiger partial charge in [-0.25, -0.2) is 0 Å². The van der Waals surface area contributed by atoms with Crippen molar-refractivity contribution in [1.82, 2.24) is 20.6 Å². The summed E-state index contributed by atoms with van der Waals surface area (Å²) in [7, 11) is 0. The zero-order valence-electron chi connectivity index (χ0n) is 12.3. The molecule has 0 aliphatic carbocycles. The summed E-state index contributed by atoms with van der Waals surface area (Å²) in [4.78, 5) is 23.8. The summed E-state index contributed by atoms with van der Waals surface area (Å²) in [5, 5.41) is 4.19. The maximum atomic E-state index is 11.9. The molecule has 0 saturated heterocycles. The van der Waals surface area contributed by atoms with E-state index in [1.54, 1.807) is 16.8 Å². The second-order valence-corrected chi connectivity index (χ2v) is 4.90. The summed E-state index contributed by atoms with van der Waals surface area (Å²) in [5.74, 6) is -0.669. The number of hydrazine groups is 1. The highest BCUT2D eigenvalue weighted by Crippen LogP contribution is 2.06. The van der Waals surface area contributed by atoms with Crippen LogP contribution >= 0.6 is 0 Å². The van der Waals surface area contributed by atoms with Gasteiger partial charge in [-0.1, -0.05) is 18.2 Å². The van der Waals surface area contributed by atoms with E-state index in [-0.39, 0.29) is 18.4 Å². The third-order valence-corrected chi connectivity index (χ3v) is 3.10. The highest BCUT2D eigenvalue weighted by molar-refractivity contribution is 5.96. The highest BCUT2D eigenvalue weighted by atomic mass is 16.2. The van der Waals surface area contributed by atoms with Gasteiger partial charge in [0.05, 0.1) is 5.69 Å². The molecule has 0 aliphatic heterocycles. The van der Waals surface area contributed by atoms with Gasteiger partial charge in [0.2, 0.25) is 0 Å². The van der Waals surface area contributed by atoms with Crippen LogP contribution < -0.4 is 10.9 Å². The molecule has 1 aromatic carbocycles. The van der Waals surface area contributed by atoms with E-state index >= 15 is 0 Å². The van der Waals surface area contributed by atoms with E-state index < -0.39 is 0 Å².